The summed E-state index contributed by atoms with van der Waals surface area (Å²) in [7, 11) is 1.50. The zero-order valence-corrected chi connectivity index (χ0v) is 17.0. The Morgan fingerprint density at radius 1 is 1.00 bits per heavy atom. The summed E-state index contributed by atoms with van der Waals surface area (Å²) in [5.74, 6) is -1.32. The molecule has 0 aliphatic rings. The van der Waals surface area contributed by atoms with Crippen LogP contribution in [0.1, 0.15) is 32.6 Å². The van der Waals surface area contributed by atoms with Crippen molar-refractivity contribution in [3.05, 3.63) is 64.2 Å². The molecule has 148 valence electrons. The van der Waals surface area contributed by atoms with Crippen molar-refractivity contribution in [1.82, 2.24) is 4.90 Å². The Balaban J connectivity index is 1.88. The molecule has 0 unspecified atom stereocenters. The lowest BCUT2D eigenvalue weighted by Crippen LogP contribution is -2.37. The fourth-order valence-electron chi connectivity index (χ4n) is 2.65. The second kappa shape index (κ2) is 9.17. The van der Waals surface area contributed by atoms with Gasteiger partial charge in [0.15, 0.2) is 6.61 Å². The van der Waals surface area contributed by atoms with Crippen LogP contribution in [0.4, 0.5) is 5.69 Å². The molecule has 0 atom stereocenters. The van der Waals surface area contributed by atoms with Crippen LogP contribution in [0.2, 0.25) is 0 Å². The van der Waals surface area contributed by atoms with E-state index in [4.69, 9.17) is 4.74 Å². The zero-order valence-electron chi connectivity index (χ0n) is 17.0. The van der Waals surface area contributed by atoms with Crippen LogP contribution in [0.3, 0.4) is 0 Å². The molecule has 0 radical (unpaired) electrons. The van der Waals surface area contributed by atoms with Gasteiger partial charge in [-0.1, -0.05) is 24.3 Å². The van der Waals surface area contributed by atoms with Crippen molar-refractivity contribution in [3.8, 4) is 0 Å². The number of hydrogen-bond donors (Lipinski definition) is 1. The monoisotopic (exact) mass is 382 g/mol. The lowest BCUT2D eigenvalue weighted by molar-refractivity contribution is -0.136. The molecule has 0 aliphatic carbocycles. The number of carbonyl (C=O) groups is 3. The summed E-state index contributed by atoms with van der Waals surface area (Å²) in [4.78, 5) is 37.9. The van der Waals surface area contributed by atoms with Crippen molar-refractivity contribution in [2.24, 2.45) is 0 Å². The van der Waals surface area contributed by atoms with Crippen molar-refractivity contribution in [2.45, 2.75) is 27.7 Å². The average Bonchev–Trinajstić information content (AvgIpc) is 2.64. The number of anilines is 1. The smallest absolute Gasteiger partial charge is 0.338 e. The minimum atomic E-state index is -0.553. The molecule has 0 heterocycles. The van der Waals surface area contributed by atoms with Gasteiger partial charge < -0.3 is 15.0 Å². The van der Waals surface area contributed by atoms with E-state index >= 15 is 0 Å². The zero-order chi connectivity index (χ0) is 20.8. The number of nitrogens with zero attached hydrogens (tertiary/aromatic N) is 1. The van der Waals surface area contributed by atoms with E-state index in [0.29, 0.717) is 11.3 Å². The maximum Gasteiger partial charge on any atom is 0.338 e. The standard InChI is InChI=1S/C22H26N2O4/c1-14-9-10-16(3)19(11-14)23-20(25)12-24(5)21(26)13-28-22(27)18-8-6-7-15(2)17(18)4/h6-11H,12-13H2,1-5H3,(H,23,25). The molecular weight excluding hydrogens is 356 g/mol. The maximum atomic E-state index is 12.2. The van der Waals surface area contributed by atoms with Gasteiger partial charge in [-0.3, -0.25) is 9.59 Å². The van der Waals surface area contributed by atoms with E-state index in [1.807, 2.05) is 52.0 Å². The fraction of sp³-hybridized carbons (Fsp3) is 0.318. The van der Waals surface area contributed by atoms with Gasteiger partial charge >= 0.3 is 5.97 Å². The van der Waals surface area contributed by atoms with Gasteiger partial charge in [0.1, 0.15) is 0 Å². The van der Waals surface area contributed by atoms with Crippen LogP contribution in [-0.2, 0) is 14.3 Å². The Hall–Kier alpha value is -3.15. The van der Waals surface area contributed by atoms with E-state index in [1.165, 1.54) is 11.9 Å². The van der Waals surface area contributed by atoms with Gasteiger partial charge in [0.05, 0.1) is 12.1 Å². The van der Waals surface area contributed by atoms with E-state index in [1.54, 1.807) is 12.1 Å². The Bertz CT molecular complexity index is 905. The lowest BCUT2D eigenvalue weighted by Gasteiger charge is -2.18. The summed E-state index contributed by atoms with van der Waals surface area (Å²) in [5, 5.41) is 2.80. The first kappa shape index (κ1) is 21.2. The van der Waals surface area contributed by atoms with Crippen LogP contribution in [0, 0.1) is 27.7 Å². The number of nitrogens with one attached hydrogen (secondary N) is 1. The van der Waals surface area contributed by atoms with Crippen LogP contribution in [0.5, 0.6) is 0 Å². The van der Waals surface area contributed by atoms with E-state index in [0.717, 1.165) is 22.3 Å². The van der Waals surface area contributed by atoms with Crippen molar-refractivity contribution >= 4 is 23.5 Å². The predicted octanol–water partition coefficient (Wildman–Crippen LogP) is 3.17. The molecule has 6 heteroatoms. The third-order valence-electron chi connectivity index (χ3n) is 4.62. The lowest BCUT2D eigenvalue weighted by atomic mass is 10.0. The van der Waals surface area contributed by atoms with E-state index in [9.17, 15) is 14.4 Å². The van der Waals surface area contributed by atoms with Crippen LogP contribution in [-0.4, -0.2) is 42.9 Å². The largest absolute Gasteiger partial charge is 0.452 e. The summed E-state index contributed by atoms with van der Waals surface area (Å²) >= 11 is 0. The minimum absolute atomic E-state index is 0.132. The highest BCUT2D eigenvalue weighted by molar-refractivity contribution is 5.96. The highest BCUT2D eigenvalue weighted by Crippen LogP contribution is 2.16. The third-order valence-corrected chi connectivity index (χ3v) is 4.62. The maximum absolute atomic E-state index is 12.2. The predicted molar refractivity (Wildman–Crippen MR) is 108 cm³/mol. The molecule has 2 amide bonds. The van der Waals surface area contributed by atoms with Gasteiger partial charge in [0.25, 0.3) is 5.91 Å². The van der Waals surface area contributed by atoms with Gasteiger partial charge in [-0.25, -0.2) is 4.79 Å². The molecule has 0 aliphatic heterocycles. The average molecular weight is 382 g/mol. The molecule has 0 spiro atoms. The molecule has 0 saturated carbocycles. The molecule has 6 nitrogen and oxygen atoms in total. The molecule has 0 aromatic heterocycles. The fourth-order valence-corrected chi connectivity index (χ4v) is 2.65. The molecule has 0 bridgehead atoms. The number of ether oxygens (including phenoxy) is 1. The van der Waals surface area contributed by atoms with Gasteiger partial charge in [-0.05, 0) is 62.1 Å². The first-order chi connectivity index (χ1) is 13.2. The molecule has 2 aromatic rings. The number of amides is 2. The van der Waals surface area contributed by atoms with Crippen molar-refractivity contribution in [1.29, 1.82) is 0 Å². The molecule has 0 saturated heterocycles. The molecule has 28 heavy (non-hydrogen) atoms. The molecular formula is C22H26N2O4. The number of benzene rings is 2. The van der Waals surface area contributed by atoms with E-state index in [-0.39, 0.29) is 12.5 Å². The van der Waals surface area contributed by atoms with Gasteiger partial charge in [-0.15, -0.1) is 0 Å². The first-order valence-electron chi connectivity index (χ1n) is 9.03. The Morgan fingerprint density at radius 3 is 2.43 bits per heavy atom. The summed E-state index contributed by atoms with van der Waals surface area (Å²) in [6.45, 7) is 7.02. The highest BCUT2D eigenvalue weighted by atomic mass is 16.5. The number of rotatable bonds is 6. The summed E-state index contributed by atoms with van der Waals surface area (Å²) < 4.78 is 5.12. The van der Waals surface area contributed by atoms with Gasteiger partial charge in [-0.2, -0.15) is 0 Å². The molecule has 1 N–H and O–H groups in total. The topological polar surface area (TPSA) is 75.7 Å². The number of hydrogen-bond acceptors (Lipinski definition) is 4. The van der Waals surface area contributed by atoms with Crippen LogP contribution in [0.25, 0.3) is 0 Å². The van der Waals surface area contributed by atoms with Crippen molar-refractivity contribution < 1.29 is 19.1 Å². The van der Waals surface area contributed by atoms with E-state index < -0.39 is 18.5 Å². The normalized spacial score (nSPS) is 10.3. The Labute approximate surface area is 165 Å². The van der Waals surface area contributed by atoms with Crippen LogP contribution < -0.4 is 5.32 Å². The Kier molecular flexibility index (Phi) is 6.93. The summed E-state index contributed by atoms with van der Waals surface area (Å²) in [5.41, 5.74) is 4.91. The number of likely N-dealkylation sites (N-methyl/N-ethyl adjacent to an activating group) is 1. The number of carbonyl (C=O) groups excluding carboxylic acids is 3. The molecule has 2 rings (SSSR count). The molecule has 2 aromatic carbocycles. The molecule has 0 fully saturated rings. The highest BCUT2D eigenvalue weighted by Gasteiger charge is 2.17. The minimum Gasteiger partial charge on any atom is -0.452 e. The van der Waals surface area contributed by atoms with Crippen LogP contribution in [0.15, 0.2) is 36.4 Å². The van der Waals surface area contributed by atoms with Crippen molar-refractivity contribution in [3.63, 3.8) is 0 Å². The Morgan fingerprint density at radius 2 is 1.71 bits per heavy atom. The van der Waals surface area contributed by atoms with E-state index in [2.05, 4.69) is 5.32 Å². The quantitative estimate of drug-likeness (QED) is 0.779. The number of esters is 1. The third kappa shape index (κ3) is 5.42. The van der Waals surface area contributed by atoms with Crippen LogP contribution >= 0.6 is 0 Å². The second-order valence-corrected chi connectivity index (χ2v) is 6.94. The summed E-state index contributed by atoms with van der Waals surface area (Å²) in [6, 6.07) is 11.1. The number of aryl methyl sites for hydroxylation is 3. The van der Waals surface area contributed by atoms with Gasteiger partial charge in [0, 0.05) is 12.7 Å². The van der Waals surface area contributed by atoms with Crippen molar-refractivity contribution in [2.75, 3.05) is 25.5 Å². The van der Waals surface area contributed by atoms with Gasteiger partial charge in [0.2, 0.25) is 5.91 Å². The first-order valence-corrected chi connectivity index (χ1v) is 9.03. The SMILES string of the molecule is Cc1ccc(C)c(NC(=O)CN(C)C(=O)COC(=O)c2cccc(C)c2C)c1. The summed E-state index contributed by atoms with van der Waals surface area (Å²) in [6.07, 6.45) is 0. The second-order valence-electron chi connectivity index (χ2n) is 6.94.